The van der Waals surface area contributed by atoms with E-state index < -0.39 is 0 Å². The van der Waals surface area contributed by atoms with E-state index >= 15 is 0 Å². The van der Waals surface area contributed by atoms with Crippen LogP contribution in [-0.2, 0) is 0 Å². The number of benzene rings is 8. The van der Waals surface area contributed by atoms with E-state index in [1.165, 1.54) is 47.5 Å². The molecule has 4 heteroatoms. The lowest BCUT2D eigenvalue weighted by molar-refractivity contribution is 1.08. The van der Waals surface area contributed by atoms with Gasteiger partial charge in [-0.3, -0.25) is 0 Å². The Labute approximate surface area is 286 Å². The minimum absolute atomic E-state index is 0.650. The van der Waals surface area contributed by atoms with Crippen LogP contribution in [0.15, 0.2) is 164 Å². The first kappa shape index (κ1) is 27.8. The molecule has 0 aliphatic rings. The van der Waals surface area contributed by atoms with Gasteiger partial charge in [-0.15, -0.1) is 11.3 Å². The van der Waals surface area contributed by atoms with Gasteiger partial charge in [0, 0.05) is 36.9 Å². The molecule has 10 rings (SSSR count). The van der Waals surface area contributed by atoms with E-state index in [2.05, 4.69) is 146 Å². The van der Waals surface area contributed by atoms with Gasteiger partial charge in [0.25, 0.3) is 0 Å². The van der Waals surface area contributed by atoms with Gasteiger partial charge in [-0.1, -0.05) is 146 Å². The SMILES string of the molecule is c1ccc(-c2nc(-c3cc(-c4cccc5sc6c7ccccc7ccc6c45)c4ccccc4c3)nc(-c3cccc4ccccc34)n2)cc1. The summed E-state index contributed by atoms with van der Waals surface area (Å²) in [6.07, 6.45) is 0. The Morgan fingerprint density at radius 3 is 1.76 bits per heavy atom. The Kier molecular flexibility index (Phi) is 6.36. The van der Waals surface area contributed by atoms with Crippen molar-refractivity contribution in [3.05, 3.63) is 164 Å². The Hall–Kier alpha value is -6.23. The number of hydrogen-bond donors (Lipinski definition) is 0. The topological polar surface area (TPSA) is 38.7 Å². The molecular weight excluding hydrogens is 615 g/mol. The highest BCUT2D eigenvalue weighted by atomic mass is 32.1. The second-order valence-corrected chi connectivity index (χ2v) is 13.4. The summed E-state index contributed by atoms with van der Waals surface area (Å²) >= 11 is 1.87. The van der Waals surface area contributed by atoms with Gasteiger partial charge in [-0.2, -0.15) is 0 Å². The number of nitrogens with zero attached hydrogens (tertiary/aromatic N) is 3. The highest BCUT2D eigenvalue weighted by Crippen LogP contribution is 2.45. The molecule has 2 heterocycles. The third kappa shape index (κ3) is 4.61. The van der Waals surface area contributed by atoms with Gasteiger partial charge in [0.05, 0.1) is 0 Å². The summed E-state index contributed by atoms with van der Waals surface area (Å²) in [6.45, 7) is 0. The highest BCUT2D eigenvalue weighted by molar-refractivity contribution is 7.26. The Bertz CT molecular complexity index is 2890. The molecule has 0 aliphatic carbocycles. The van der Waals surface area contributed by atoms with Crippen LogP contribution in [0.3, 0.4) is 0 Å². The third-order valence-corrected chi connectivity index (χ3v) is 10.7. The van der Waals surface area contributed by atoms with Crippen molar-refractivity contribution in [1.29, 1.82) is 0 Å². The van der Waals surface area contributed by atoms with Crippen LogP contribution in [-0.4, -0.2) is 15.0 Å². The molecule has 0 unspecified atom stereocenters. The van der Waals surface area contributed by atoms with Crippen molar-refractivity contribution in [1.82, 2.24) is 15.0 Å². The van der Waals surface area contributed by atoms with Crippen molar-refractivity contribution in [2.75, 3.05) is 0 Å². The van der Waals surface area contributed by atoms with Gasteiger partial charge in [-0.25, -0.2) is 15.0 Å². The van der Waals surface area contributed by atoms with E-state index in [4.69, 9.17) is 15.0 Å². The molecule has 0 spiro atoms. The Balaban J connectivity index is 1.25. The van der Waals surface area contributed by atoms with Crippen LogP contribution in [0, 0.1) is 0 Å². The van der Waals surface area contributed by atoms with Crippen LogP contribution in [0.5, 0.6) is 0 Å². The molecule has 228 valence electrons. The molecule has 0 N–H and O–H groups in total. The summed E-state index contributed by atoms with van der Waals surface area (Å²) in [5.41, 5.74) is 5.28. The molecule has 0 saturated carbocycles. The molecule has 0 amide bonds. The summed E-state index contributed by atoms with van der Waals surface area (Å²) in [5.74, 6) is 1.96. The van der Waals surface area contributed by atoms with E-state index in [-0.39, 0.29) is 0 Å². The molecule has 0 radical (unpaired) electrons. The monoisotopic (exact) mass is 641 g/mol. The zero-order valence-corrected chi connectivity index (χ0v) is 27.2. The van der Waals surface area contributed by atoms with Crippen LogP contribution in [0.2, 0.25) is 0 Å². The second-order valence-electron chi connectivity index (χ2n) is 12.4. The fourth-order valence-corrected chi connectivity index (χ4v) is 8.47. The summed E-state index contributed by atoms with van der Waals surface area (Å²) in [7, 11) is 0. The maximum Gasteiger partial charge on any atom is 0.164 e. The molecule has 49 heavy (non-hydrogen) atoms. The van der Waals surface area contributed by atoms with Crippen molar-refractivity contribution >= 4 is 63.8 Å². The van der Waals surface area contributed by atoms with Gasteiger partial charge in [-0.05, 0) is 61.6 Å². The lowest BCUT2D eigenvalue weighted by atomic mass is 9.92. The highest BCUT2D eigenvalue weighted by Gasteiger charge is 2.19. The summed E-state index contributed by atoms with van der Waals surface area (Å²) in [5, 5.41) is 9.74. The molecule has 0 fully saturated rings. The van der Waals surface area contributed by atoms with Crippen molar-refractivity contribution in [3.63, 3.8) is 0 Å². The van der Waals surface area contributed by atoms with Crippen molar-refractivity contribution in [2.45, 2.75) is 0 Å². The Morgan fingerprint density at radius 2 is 0.939 bits per heavy atom. The maximum absolute atomic E-state index is 5.21. The van der Waals surface area contributed by atoms with E-state index in [1.807, 2.05) is 29.5 Å². The average molecular weight is 642 g/mol. The number of rotatable bonds is 4. The molecule has 3 nitrogen and oxygen atoms in total. The molecule has 0 saturated heterocycles. The van der Waals surface area contributed by atoms with Crippen molar-refractivity contribution in [3.8, 4) is 45.3 Å². The average Bonchev–Trinajstić information content (AvgIpc) is 3.57. The van der Waals surface area contributed by atoms with Crippen LogP contribution in [0.25, 0.3) is 97.8 Å². The quantitative estimate of drug-likeness (QED) is 0.192. The van der Waals surface area contributed by atoms with Crippen molar-refractivity contribution < 1.29 is 0 Å². The fourth-order valence-electron chi connectivity index (χ4n) is 7.20. The van der Waals surface area contributed by atoms with Gasteiger partial charge in [0.1, 0.15) is 0 Å². The molecule has 8 aromatic carbocycles. The largest absolute Gasteiger partial charge is 0.208 e. The summed E-state index contributed by atoms with van der Waals surface area (Å²) < 4.78 is 2.61. The van der Waals surface area contributed by atoms with E-state index in [0.717, 1.165) is 32.8 Å². The first-order chi connectivity index (χ1) is 24.3. The fraction of sp³-hybridized carbons (Fsp3) is 0. The zero-order chi connectivity index (χ0) is 32.3. The van der Waals surface area contributed by atoms with Crippen LogP contribution < -0.4 is 0 Å². The predicted octanol–water partition coefficient (Wildman–Crippen LogP) is 12.4. The summed E-state index contributed by atoms with van der Waals surface area (Å²) in [6, 6.07) is 58.0. The number of thiophene rings is 1. The minimum Gasteiger partial charge on any atom is -0.208 e. The second kappa shape index (κ2) is 11.2. The van der Waals surface area contributed by atoms with Crippen LogP contribution in [0.1, 0.15) is 0 Å². The molecule has 2 aromatic heterocycles. The normalized spacial score (nSPS) is 11.7. The molecule has 10 aromatic rings. The van der Waals surface area contributed by atoms with Crippen LogP contribution >= 0.6 is 11.3 Å². The first-order valence-corrected chi connectivity index (χ1v) is 17.3. The van der Waals surface area contributed by atoms with Crippen LogP contribution in [0.4, 0.5) is 0 Å². The number of fused-ring (bicyclic) bond motifs is 7. The molecule has 0 bridgehead atoms. The number of hydrogen-bond acceptors (Lipinski definition) is 4. The number of aromatic nitrogens is 3. The standard InChI is InChI=1S/C45H27N3S/c1-2-14-30(15-3-1)43-46-44(48-45(47-43)37-22-10-17-28-12-4-7-18-33(28)37)32-26-31-16-6-8-19-34(31)39(27-32)36-21-11-23-40-41(36)38-25-24-29-13-5-9-20-35(29)42(38)49-40/h1-27H. The molecular formula is C45H27N3S. The van der Waals surface area contributed by atoms with E-state index in [0.29, 0.717) is 17.5 Å². The van der Waals surface area contributed by atoms with Gasteiger partial charge in [0.15, 0.2) is 17.5 Å². The molecule has 0 atom stereocenters. The smallest absolute Gasteiger partial charge is 0.164 e. The van der Waals surface area contributed by atoms with E-state index in [1.54, 1.807) is 0 Å². The third-order valence-electron chi connectivity index (χ3n) is 9.50. The van der Waals surface area contributed by atoms with Gasteiger partial charge in [0.2, 0.25) is 0 Å². The van der Waals surface area contributed by atoms with Gasteiger partial charge >= 0.3 is 0 Å². The minimum atomic E-state index is 0.650. The lowest BCUT2D eigenvalue weighted by Gasteiger charge is -2.14. The maximum atomic E-state index is 5.21. The zero-order valence-electron chi connectivity index (χ0n) is 26.3. The molecule has 0 aliphatic heterocycles. The lowest BCUT2D eigenvalue weighted by Crippen LogP contribution is -2.01. The van der Waals surface area contributed by atoms with Gasteiger partial charge < -0.3 is 0 Å². The Morgan fingerprint density at radius 1 is 0.347 bits per heavy atom. The first-order valence-electron chi connectivity index (χ1n) is 16.4. The van der Waals surface area contributed by atoms with Crippen molar-refractivity contribution in [2.24, 2.45) is 0 Å². The summed E-state index contributed by atoms with van der Waals surface area (Å²) in [4.78, 5) is 15.4. The predicted molar refractivity (Wildman–Crippen MR) is 207 cm³/mol. The van der Waals surface area contributed by atoms with E-state index in [9.17, 15) is 0 Å².